The number of hydrogen-bond acceptors (Lipinski definition) is 4. The van der Waals surface area contributed by atoms with Crippen molar-refractivity contribution in [3.8, 4) is 0 Å². The first-order chi connectivity index (χ1) is 8.02. The van der Waals surface area contributed by atoms with Crippen molar-refractivity contribution >= 4 is 0 Å². The van der Waals surface area contributed by atoms with E-state index < -0.39 is 6.23 Å². The van der Waals surface area contributed by atoms with Crippen LogP contribution in [-0.4, -0.2) is 41.0 Å². The van der Waals surface area contributed by atoms with E-state index in [-0.39, 0.29) is 6.61 Å². The number of benzene rings is 1. The first-order valence-electron chi connectivity index (χ1n) is 5.86. The summed E-state index contributed by atoms with van der Waals surface area (Å²) in [4.78, 5) is 1.94. The fourth-order valence-electron chi connectivity index (χ4n) is 1.80. The molecule has 1 atom stereocenters. The molecule has 0 aromatic heterocycles. The zero-order chi connectivity index (χ0) is 12.8. The maximum atomic E-state index is 9.18. The van der Waals surface area contributed by atoms with E-state index in [1.807, 2.05) is 4.90 Å². The van der Waals surface area contributed by atoms with Gasteiger partial charge in [0.25, 0.3) is 0 Å². The minimum absolute atomic E-state index is 0.0670. The van der Waals surface area contributed by atoms with Crippen LogP contribution >= 0.6 is 0 Å². The highest BCUT2D eigenvalue weighted by atomic mass is 16.3. The molecule has 4 nitrogen and oxygen atoms in total. The van der Waals surface area contributed by atoms with Gasteiger partial charge in [-0.15, -0.1) is 0 Å². The van der Waals surface area contributed by atoms with Crippen molar-refractivity contribution < 1.29 is 10.2 Å². The fraction of sp³-hybridized carbons (Fsp3) is 0.538. The molecule has 0 aliphatic rings. The third kappa shape index (κ3) is 4.83. The number of hydrogen-bond donors (Lipinski definition) is 3. The average molecular weight is 238 g/mol. The molecule has 96 valence electrons. The number of aliphatic hydroxyl groups is 2. The topological polar surface area (TPSA) is 69.7 Å². The molecule has 0 saturated heterocycles. The number of aliphatic hydroxyl groups excluding tert-OH is 2. The van der Waals surface area contributed by atoms with Crippen LogP contribution in [0.2, 0.25) is 0 Å². The molecular formula is C13H22N2O2. The van der Waals surface area contributed by atoms with Gasteiger partial charge in [-0.25, -0.2) is 0 Å². The minimum atomic E-state index is -0.868. The first-order valence-corrected chi connectivity index (χ1v) is 5.86. The van der Waals surface area contributed by atoms with Gasteiger partial charge in [0.1, 0.15) is 6.23 Å². The van der Waals surface area contributed by atoms with Crippen molar-refractivity contribution in [1.82, 2.24) is 4.90 Å². The highest BCUT2D eigenvalue weighted by molar-refractivity contribution is 5.29. The second kappa shape index (κ2) is 6.71. The van der Waals surface area contributed by atoms with Crippen molar-refractivity contribution in [3.05, 3.63) is 34.9 Å². The Hall–Kier alpha value is -0.940. The van der Waals surface area contributed by atoms with Gasteiger partial charge in [-0.2, -0.15) is 0 Å². The van der Waals surface area contributed by atoms with E-state index in [0.29, 0.717) is 19.6 Å². The second-order valence-electron chi connectivity index (χ2n) is 4.44. The molecule has 0 spiro atoms. The summed E-state index contributed by atoms with van der Waals surface area (Å²) in [5.41, 5.74) is 9.05. The zero-order valence-corrected chi connectivity index (χ0v) is 10.6. The van der Waals surface area contributed by atoms with Gasteiger partial charge in [0, 0.05) is 19.6 Å². The third-order valence-corrected chi connectivity index (χ3v) is 2.84. The van der Waals surface area contributed by atoms with Gasteiger partial charge in [-0.1, -0.05) is 18.2 Å². The molecule has 0 aliphatic heterocycles. The van der Waals surface area contributed by atoms with E-state index in [4.69, 9.17) is 10.8 Å². The number of nitrogens with two attached hydrogens (primary N) is 1. The average Bonchev–Trinajstić information content (AvgIpc) is 2.23. The monoisotopic (exact) mass is 238 g/mol. The Balaban J connectivity index is 2.67. The molecule has 0 heterocycles. The number of aryl methyl sites for hydroxylation is 2. The lowest BCUT2D eigenvalue weighted by molar-refractivity contribution is 0.0997. The number of rotatable bonds is 6. The Bertz CT molecular complexity index is 353. The van der Waals surface area contributed by atoms with Crippen molar-refractivity contribution in [2.75, 3.05) is 19.7 Å². The maximum absolute atomic E-state index is 9.18. The fourth-order valence-corrected chi connectivity index (χ4v) is 1.80. The van der Waals surface area contributed by atoms with E-state index in [0.717, 1.165) is 0 Å². The van der Waals surface area contributed by atoms with Crippen LogP contribution in [0.25, 0.3) is 0 Å². The van der Waals surface area contributed by atoms with Crippen LogP contribution in [0.15, 0.2) is 18.2 Å². The van der Waals surface area contributed by atoms with Crippen LogP contribution in [0, 0.1) is 13.8 Å². The molecule has 17 heavy (non-hydrogen) atoms. The highest BCUT2D eigenvalue weighted by Gasteiger charge is 2.09. The molecule has 1 aromatic rings. The molecule has 4 heteroatoms. The standard InChI is InChI=1S/C13H22N2O2/c1-10-3-4-12(7-11(10)2)8-15(5-6-16)9-13(14)17/h3-4,7,13,16-17H,5-6,8-9,14H2,1-2H3. The quantitative estimate of drug-likeness (QED) is 0.626. The molecule has 0 saturated carbocycles. The summed E-state index contributed by atoms with van der Waals surface area (Å²) < 4.78 is 0. The van der Waals surface area contributed by atoms with Gasteiger partial charge in [-0.3, -0.25) is 4.90 Å². The lowest BCUT2D eigenvalue weighted by atomic mass is 10.1. The molecule has 1 unspecified atom stereocenters. The summed E-state index contributed by atoms with van der Waals surface area (Å²) in [6.07, 6.45) is -0.868. The lowest BCUT2D eigenvalue weighted by Crippen LogP contribution is -2.38. The van der Waals surface area contributed by atoms with Crippen LogP contribution in [0.4, 0.5) is 0 Å². The molecule has 1 aromatic carbocycles. The normalized spacial score (nSPS) is 13.1. The summed E-state index contributed by atoms with van der Waals surface area (Å²) in [5, 5.41) is 18.1. The van der Waals surface area contributed by atoms with Crippen molar-refractivity contribution in [2.24, 2.45) is 5.73 Å². The Morgan fingerprint density at radius 1 is 1.29 bits per heavy atom. The lowest BCUT2D eigenvalue weighted by Gasteiger charge is -2.23. The largest absolute Gasteiger partial charge is 0.395 e. The van der Waals surface area contributed by atoms with E-state index in [1.165, 1.54) is 16.7 Å². The van der Waals surface area contributed by atoms with E-state index in [1.54, 1.807) is 0 Å². The van der Waals surface area contributed by atoms with Crippen LogP contribution in [-0.2, 0) is 6.54 Å². The zero-order valence-electron chi connectivity index (χ0n) is 10.6. The summed E-state index contributed by atoms with van der Waals surface area (Å²) in [6, 6.07) is 6.28. The van der Waals surface area contributed by atoms with Crippen LogP contribution < -0.4 is 5.73 Å². The van der Waals surface area contributed by atoms with E-state index in [2.05, 4.69) is 32.0 Å². The van der Waals surface area contributed by atoms with Crippen molar-refractivity contribution in [2.45, 2.75) is 26.6 Å². The van der Waals surface area contributed by atoms with Crippen molar-refractivity contribution in [1.29, 1.82) is 0 Å². The third-order valence-electron chi connectivity index (χ3n) is 2.84. The van der Waals surface area contributed by atoms with Crippen LogP contribution in [0.1, 0.15) is 16.7 Å². The summed E-state index contributed by atoms with van der Waals surface area (Å²) in [5.74, 6) is 0. The maximum Gasteiger partial charge on any atom is 0.115 e. The molecule has 0 aliphatic carbocycles. The van der Waals surface area contributed by atoms with Crippen LogP contribution in [0.5, 0.6) is 0 Å². The Kier molecular flexibility index (Phi) is 5.58. The van der Waals surface area contributed by atoms with Gasteiger partial charge in [0.05, 0.1) is 6.61 Å². The first kappa shape index (κ1) is 14.1. The molecule has 1 rings (SSSR count). The molecule has 0 radical (unpaired) electrons. The predicted octanol–water partition coefficient (Wildman–Crippen LogP) is 0.375. The van der Waals surface area contributed by atoms with Crippen molar-refractivity contribution in [3.63, 3.8) is 0 Å². The van der Waals surface area contributed by atoms with Gasteiger partial charge in [0.15, 0.2) is 0 Å². The molecule has 0 fully saturated rings. The predicted molar refractivity (Wildman–Crippen MR) is 68.5 cm³/mol. The van der Waals surface area contributed by atoms with Gasteiger partial charge < -0.3 is 15.9 Å². The minimum Gasteiger partial charge on any atom is -0.395 e. The van der Waals surface area contributed by atoms with E-state index >= 15 is 0 Å². The molecule has 0 amide bonds. The SMILES string of the molecule is Cc1ccc(CN(CCO)CC(N)O)cc1C. The smallest absolute Gasteiger partial charge is 0.115 e. The van der Waals surface area contributed by atoms with Gasteiger partial charge in [-0.05, 0) is 30.5 Å². The van der Waals surface area contributed by atoms with Gasteiger partial charge >= 0.3 is 0 Å². The molecule has 0 bridgehead atoms. The Labute approximate surface area is 103 Å². The van der Waals surface area contributed by atoms with E-state index in [9.17, 15) is 5.11 Å². The Morgan fingerprint density at radius 3 is 2.53 bits per heavy atom. The molecular weight excluding hydrogens is 216 g/mol. The van der Waals surface area contributed by atoms with Gasteiger partial charge in [0.2, 0.25) is 0 Å². The summed E-state index contributed by atoms with van der Waals surface area (Å²) in [6.45, 7) is 5.80. The molecule has 4 N–H and O–H groups in total. The van der Waals surface area contributed by atoms with Crippen LogP contribution in [0.3, 0.4) is 0 Å². The second-order valence-corrected chi connectivity index (χ2v) is 4.44. The summed E-state index contributed by atoms with van der Waals surface area (Å²) >= 11 is 0. The number of nitrogens with zero attached hydrogens (tertiary/aromatic N) is 1. The summed E-state index contributed by atoms with van der Waals surface area (Å²) in [7, 11) is 0. The highest BCUT2D eigenvalue weighted by Crippen LogP contribution is 2.11. The Morgan fingerprint density at radius 2 is 2.00 bits per heavy atom.